The maximum Gasteiger partial charge on any atom is 0.225 e. The van der Waals surface area contributed by atoms with Gasteiger partial charge in [0, 0.05) is 25.7 Å². The summed E-state index contributed by atoms with van der Waals surface area (Å²) in [6.45, 7) is 2.68. The molecule has 5 heteroatoms. The Morgan fingerprint density at radius 2 is 2.00 bits per heavy atom. The van der Waals surface area contributed by atoms with E-state index in [1.165, 1.54) is 5.56 Å². The zero-order valence-corrected chi connectivity index (χ0v) is 12.5. The highest BCUT2D eigenvalue weighted by Gasteiger charge is 2.36. The molecular formula is C15H22ClN3O. The van der Waals surface area contributed by atoms with Crippen molar-refractivity contribution >= 4 is 18.3 Å². The first-order chi connectivity index (χ1) is 9.25. The van der Waals surface area contributed by atoms with Crippen LogP contribution in [0.5, 0.6) is 0 Å². The topological polar surface area (TPSA) is 44.4 Å². The van der Waals surface area contributed by atoms with Crippen molar-refractivity contribution < 1.29 is 4.79 Å². The fraction of sp³-hybridized carbons (Fsp3) is 0.533. The first kappa shape index (κ1) is 15.3. The molecule has 2 atom stereocenters. The summed E-state index contributed by atoms with van der Waals surface area (Å²) in [5.74, 6) is 0.377. The second-order valence-electron chi connectivity index (χ2n) is 5.60. The first-order valence-corrected chi connectivity index (χ1v) is 7.02. The number of likely N-dealkylation sites (tertiary alicyclic amines) is 1. The Morgan fingerprint density at radius 3 is 2.60 bits per heavy atom. The number of hydrogen-bond donors (Lipinski definition) is 2. The van der Waals surface area contributed by atoms with E-state index < -0.39 is 0 Å². The molecule has 2 unspecified atom stereocenters. The van der Waals surface area contributed by atoms with Crippen LogP contribution in [-0.2, 0) is 4.79 Å². The van der Waals surface area contributed by atoms with Crippen LogP contribution >= 0.6 is 12.4 Å². The molecule has 2 saturated heterocycles. The minimum Gasteiger partial charge on any atom is -0.351 e. The molecule has 2 N–H and O–H groups in total. The van der Waals surface area contributed by atoms with Crippen LogP contribution in [0, 0.1) is 5.92 Å². The average Bonchev–Trinajstić information content (AvgIpc) is 2.69. The Bertz CT molecular complexity index is 450. The van der Waals surface area contributed by atoms with E-state index in [9.17, 15) is 4.79 Å². The molecule has 2 aliphatic rings. The zero-order valence-electron chi connectivity index (χ0n) is 11.7. The molecule has 2 aliphatic heterocycles. The highest BCUT2D eigenvalue weighted by molar-refractivity contribution is 5.85. The highest BCUT2D eigenvalue weighted by Crippen LogP contribution is 2.30. The number of nitrogens with one attached hydrogen (secondary N) is 2. The van der Waals surface area contributed by atoms with Gasteiger partial charge in [0.15, 0.2) is 0 Å². The average molecular weight is 296 g/mol. The molecule has 2 heterocycles. The maximum atomic E-state index is 12.1. The van der Waals surface area contributed by atoms with Crippen LogP contribution < -0.4 is 10.6 Å². The molecule has 1 aromatic carbocycles. The molecule has 0 spiro atoms. The number of amides is 1. The third-order valence-corrected chi connectivity index (χ3v) is 4.27. The Morgan fingerprint density at radius 1 is 1.30 bits per heavy atom. The van der Waals surface area contributed by atoms with E-state index in [1.807, 2.05) is 6.07 Å². The zero-order chi connectivity index (χ0) is 13.2. The van der Waals surface area contributed by atoms with Gasteiger partial charge in [0.2, 0.25) is 5.91 Å². The second-order valence-corrected chi connectivity index (χ2v) is 5.60. The molecule has 0 saturated carbocycles. The third-order valence-electron chi connectivity index (χ3n) is 4.27. The van der Waals surface area contributed by atoms with Crippen LogP contribution in [0.4, 0.5) is 0 Å². The normalized spacial score (nSPS) is 26.6. The number of benzene rings is 1. The summed E-state index contributed by atoms with van der Waals surface area (Å²) in [7, 11) is 2.13. The summed E-state index contributed by atoms with van der Waals surface area (Å²) in [5.41, 5.74) is 1.29. The van der Waals surface area contributed by atoms with Crippen LogP contribution in [0.2, 0.25) is 0 Å². The lowest BCUT2D eigenvalue weighted by atomic mass is 9.97. The van der Waals surface area contributed by atoms with Gasteiger partial charge in [-0.3, -0.25) is 9.69 Å². The lowest BCUT2D eigenvalue weighted by Crippen LogP contribution is -2.53. The van der Waals surface area contributed by atoms with Crippen molar-refractivity contribution in [1.82, 2.24) is 15.5 Å². The third kappa shape index (κ3) is 2.97. The van der Waals surface area contributed by atoms with Gasteiger partial charge in [-0.15, -0.1) is 12.4 Å². The minimum atomic E-state index is 0. The molecule has 0 radical (unpaired) electrons. The molecule has 20 heavy (non-hydrogen) atoms. The van der Waals surface area contributed by atoms with Gasteiger partial charge in [0.1, 0.15) is 0 Å². The van der Waals surface area contributed by atoms with Crippen LogP contribution in [0.25, 0.3) is 0 Å². The number of halogens is 1. The molecule has 0 aliphatic carbocycles. The summed E-state index contributed by atoms with van der Waals surface area (Å²) in [6, 6.07) is 11.0. The second kappa shape index (κ2) is 6.57. The van der Waals surface area contributed by atoms with Crippen LogP contribution in [0.1, 0.15) is 18.0 Å². The van der Waals surface area contributed by atoms with Gasteiger partial charge in [0.25, 0.3) is 0 Å². The molecule has 1 amide bonds. The number of carbonyl (C=O) groups is 1. The van der Waals surface area contributed by atoms with Crippen molar-refractivity contribution in [2.75, 3.05) is 26.7 Å². The summed E-state index contributed by atoms with van der Waals surface area (Å²) < 4.78 is 0. The van der Waals surface area contributed by atoms with E-state index >= 15 is 0 Å². The molecule has 0 bridgehead atoms. The van der Waals surface area contributed by atoms with Crippen LogP contribution in [0.15, 0.2) is 30.3 Å². The monoisotopic (exact) mass is 295 g/mol. The number of rotatable bonds is 3. The highest BCUT2D eigenvalue weighted by atomic mass is 35.5. The van der Waals surface area contributed by atoms with Gasteiger partial charge in [-0.2, -0.15) is 0 Å². The number of carbonyl (C=O) groups excluding carboxylic acids is 1. The number of likely N-dealkylation sites (N-methyl/N-ethyl adjacent to an activating group) is 1. The summed E-state index contributed by atoms with van der Waals surface area (Å²) in [5, 5.41) is 6.39. The minimum absolute atomic E-state index is 0. The summed E-state index contributed by atoms with van der Waals surface area (Å²) in [4.78, 5) is 14.4. The van der Waals surface area contributed by atoms with E-state index in [0.29, 0.717) is 6.04 Å². The Balaban J connectivity index is 0.00000147. The molecule has 0 aromatic heterocycles. The smallest absolute Gasteiger partial charge is 0.225 e. The Labute approximate surface area is 126 Å². The molecule has 110 valence electrons. The Kier molecular flexibility index (Phi) is 5.02. The fourth-order valence-electron chi connectivity index (χ4n) is 3.01. The number of hydrogen-bond acceptors (Lipinski definition) is 3. The fourth-order valence-corrected chi connectivity index (χ4v) is 3.01. The number of nitrogens with zero attached hydrogens (tertiary/aromatic N) is 1. The van der Waals surface area contributed by atoms with Gasteiger partial charge < -0.3 is 10.6 Å². The molecule has 1 aromatic rings. The Hall–Kier alpha value is -1.10. The van der Waals surface area contributed by atoms with Gasteiger partial charge in [-0.05, 0) is 19.0 Å². The van der Waals surface area contributed by atoms with E-state index in [1.54, 1.807) is 0 Å². The summed E-state index contributed by atoms with van der Waals surface area (Å²) >= 11 is 0. The van der Waals surface area contributed by atoms with Crippen LogP contribution in [-0.4, -0.2) is 43.5 Å². The molecule has 2 fully saturated rings. The van der Waals surface area contributed by atoms with E-state index in [4.69, 9.17) is 0 Å². The quantitative estimate of drug-likeness (QED) is 0.880. The lowest BCUT2D eigenvalue weighted by Gasteiger charge is -2.30. The van der Waals surface area contributed by atoms with Crippen molar-refractivity contribution in [3.8, 4) is 0 Å². The predicted molar refractivity (Wildman–Crippen MR) is 82.0 cm³/mol. The van der Waals surface area contributed by atoms with Gasteiger partial charge in [-0.25, -0.2) is 0 Å². The maximum absolute atomic E-state index is 12.1. The first-order valence-electron chi connectivity index (χ1n) is 7.02. The van der Waals surface area contributed by atoms with Gasteiger partial charge >= 0.3 is 0 Å². The van der Waals surface area contributed by atoms with Gasteiger partial charge in [0.05, 0.1) is 12.0 Å². The largest absolute Gasteiger partial charge is 0.351 e. The summed E-state index contributed by atoms with van der Waals surface area (Å²) in [6.07, 6.45) is 1.03. The van der Waals surface area contributed by atoms with Crippen molar-refractivity contribution in [2.45, 2.75) is 18.5 Å². The standard InChI is InChI=1S/C15H21N3O.ClH/c1-18-8-7-13(17-15(19)12-9-16-10-12)14(18)11-5-3-2-4-6-11;/h2-6,12-14,16H,7-10H2,1H3,(H,17,19);1H. The van der Waals surface area contributed by atoms with Crippen molar-refractivity contribution in [3.05, 3.63) is 35.9 Å². The van der Waals surface area contributed by atoms with Crippen molar-refractivity contribution in [1.29, 1.82) is 0 Å². The molecule has 3 rings (SSSR count). The van der Waals surface area contributed by atoms with E-state index in [0.717, 1.165) is 26.1 Å². The van der Waals surface area contributed by atoms with Crippen molar-refractivity contribution in [3.63, 3.8) is 0 Å². The van der Waals surface area contributed by atoms with E-state index in [-0.39, 0.29) is 30.3 Å². The molecular weight excluding hydrogens is 274 g/mol. The van der Waals surface area contributed by atoms with E-state index in [2.05, 4.69) is 46.8 Å². The SMILES string of the molecule is CN1CCC(NC(=O)C2CNC2)C1c1ccccc1.Cl. The van der Waals surface area contributed by atoms with Gasteiger partial charge in [-0.1, -0.05) is 30.3 Å². The van der Waals surface area contributed by atoms with Crippen molar-refractivity contribution in [2.24, 2.45) is 5.92 Å². The predicted octanol–water partition coefficient (Wildman–Crippen LogP) is 1.19. The molecule has 4 nitrogen and oxygen atoms in total. The van der Waals surface area contributed by atoms with Crippen LogP contribution in [0.3, 0.4) is 0 Å². The lowest BCUT2D eigenvalue weighted by molar-refractivity contribution is -0.127.